The van der Waals surface area contributed by atoms with E-state index in [1.54, 1.807) is 6.07 Å². The Hall–Kier alpha value is -1.33. The van der Waals surface area contributed by atoms with Gasteiger partial charge < -0.3 is 11.1 Å². The van der Waals surface area contributed by atoms with E-state index in [0.717, 1.165) is 28.8 Å². The number of nitrogen functional groups attached to an aromatic ring is 1. The third-order valence-electron chi connectivity index (χ3n) is 2.46. The Morgan fingerprint density at radius 3 is 2.84 bits per heavy atom. The molecule has 0 atom stereocenters. The highest BCUT2D eigenvalue weighted by Crippen LogP contribution is 2.28. The van der Waals surface area contributed by atoms with E-state index < -0.39 is 0 Å². The van der Waals surface area contributed by atoms with Crippen molar-refractivity contribution in [3.63, 3.8) is 0 Å². The highest BCUT2D eigenvalue weighted by molar-refractivity contribution is 9.10. The number of nitrogens with one attached hydrogen (secondary N) is 1. The molecule has 0 saturated heterocycles. The lowest BCUT2D eigenvalue weighted by Gasteiger charge is -2.10. The molecule has 0 fully saturated rings. The van der Waals surface area contributed by atoms with Crippen LogP contribution in [0.25, 0.3) is 0 Å². The second kappa shape index (κ2) is 6.21. The van der Waals surface area contributed by atoms with Gasteiger partial charge in [-0.1, -0.05) is 34.5 Å². The molecule has 100 valence electrons. The summed E-state index contributed by atoms with van der Waals surface area (Å²) < 4.78 is 0.940. The molecule has 0 radical (unpaired) electrons. The fourth-order valence-electron chi connectivity index (χ4n) is 1.65. The van der Waals surface area contributed by atoms with E-state index in [0.29, 0.717) is 16.7 Å². The van der Waals surface area contributed by atoms with Gasteiger partial charge in [-0.25, -0.2) is 9.97 Å². The van der Waals surface area contributed by atoms with Gasteiger partial charge in [0.1, 0.15) is 17.5 Å². The largest absolute Gasteiger partial charge is 0.384 e. The van der Waals surface area contributed by atoms with Gasteiger partial charge >= 0.3 is 0 Å². The van der Waals surface area contributed by atoms with Gasteiger partial charge in [-0.15, -0.1) is 0 Å². The molecule has 2 rings (SSSR count). The Morgan fingerprint density at radius 1 is 1.32 bits per heavy atom. The molecule has 0 aliphatic heterocycles. The summed E-state index contributed by atoms with van der Waals surface area (Å²) >= 11 is 9.54. The summed E-state index contributed by atoms with van der Waals surface area (Å²) in [4.78, 5) is 8.60. The van der Waals surface area contributed by atoms with Gasteiger partial charge in [0.05, 0.1) is 10.7 Å². The maximum Gasteiger partial charge on any atom is 0.136 e. The maximum absolute atomic E-state index is 6.13. The standard InChI is InChI=1S/C13H14BrClN4/c1-2-3-12-18-11(16)7-13(19-12)17-10-6-8(14)4-5-9(10)15/h4-7H,2-3H2,1H3,(H3,16,17,18,19). The molecule has 0 saturated carbocycles. The Morgan fingerprint density at radius 2 is 2.11 bits per heavy atom. The van der Waals surface area contributed by atoms with Crippen LogP contribution in [0.4, 0.5) is 17.3 Å². The Balaban J connectivity index is 2.29. The molecule has 0 aliphatic rings. The molecule has 0 spiro atoms. The zero-order valence-electron chi connectivity index (χ0n) is 10.5. The van der Waals surface area contributed by atoms with Crippen molar-refractivity contribution in [1.29, 1.82) is 0 Å². The first kappa shape index (κ1) is 14.1. The van der Waals surface area contributed by atoms with Gasteiger partial charge in [-0.2, -0.15) is 0 Å². The van der Waals surface area contributed by atoms with Crippen LogP contribution in [-0.4, -0.2) is 9.97 Å². The molecular weight excluding hydrogens is 328 g/mol. The van der Waals surface area contributed by atoms with E-state index in [1.165, 1.54) is 0 Å². The van der Waals surface area contributed by atoms with Crippen molar-refractivity contribution >= 4 is 44.9 Å². The Labute approximate surface area is 125 Å². The van der Waals surface area contributed by atoms with Crippen molar-refractivity contribution < 1.29 is 0 Å². The van der Waals surface area contributed by atoms with Crippen molar-refractivity contribution in [2.24, 2.45) is 0 Å². The van der Waals surface area contributed by atoms with Crippen molar-refractivity contribution in [3.8, 4) is 0 Å². The van der Waals surface area contributed by atoms with Crippen molar-refractivity contribution in [2.45, 2.75) is 19.8 Å². The van der Waals surface area contributed by atoms with Crippen molar-refractivity contribution in [1.82, 2.24) is 9.97 Å². The molecule has 6 heteroatoms. The molecular formula is C13H14BrClN4. The van der Waals surface area contributed by atoms with Crippen molar-refractivity contribution in [3.05, 3.63) is 39.6 Å². The fraction of sp³-hybridized carbons (Fsp3) is 0.231. The summed E-state index contributed by atoms with van der Waals surface area (Å²) in [5, 5.41) is 3.78. The van der Waals surface area contributed by atoms with Crippen LogP contribution >= 0.6 is 27.5 Å². The van der Waals surface area contributed by atoms with Gasteiger partial charge in [-0.3, -0.25) is 0 Å². The van der Waals surface area contributed by atoms with Gasteiger partial charge in [0.15, 0.2) is 0 Å². The minimum absolute atomic E-state index is 0.451. The molecule has 0 bridgehead atoms. The smallest absolute Gasteiger partial charge is 0.136 e. The molecule has 3 N–H and O–H groups in total. The Bertz CT molecular complexity index is 589. The number of anilines is 3. The molecule has 2 aromatic rings. The molecule has 0 unspecified atom stereocenters. The maximum atomic E-state index is 6.13. The van der Waals surface area contributed by atoms with Crippen LogP contribution < -0.4 is 11.1 Å². The van der Waals surface area contributed by atoms with Crippen LogP contribution in [0.5, 0.6) is 0 Å². The average Bonchev–Trinajstić information content (AvgIpc) is 2.33. The first-order chi connectivity index (χ1) is 9.08. The van der Waals surface area contributed by atoms with Crippen LogP contribution in [0.2, 0.25) is 5.02 Å². The van der Waals surface area contributed by atoms with Crippen molar-refractivity contribution in [2.75, 3.05) is 11.1 Å². The summed E-state index contributed by atoms with van der Waals surface area (Å²) in [6, 6.07) is 7.27. The second-order valence-electron chi connectivity index (χ2n) is 4.09. The lowest BCUT2D eigenvalue weighted by Crippen LogP contribution is -2.03. The minimum Gasteiger partial charge on any atom is -0.384 e. The molecule has 0 aliphatic carbocycles. The number of hydrogen-bond acceptors (Lipinski definition) is 4. The van der Waals surface area contributed by atoms with E-state index in [-0.39, 0.29) is 0 Å². The third kappa shape index (κ3) is 3.81. The lowest BCUT2D eigenvalue weighted by atomic mass is 10.3. The highest BCUT2D eigenvalue weighted by Gasteiger charge is 2.06. The number of aryl methyl sites for hydroxylation is 1. The van der Waals surface area contributed by atoms with Crippen LogP contribution in [0.1, 0.15) is 19.2 Å². The lowest BCUT2D eigenvalue weighted by molar-refractivity contribution is 0.839. The van der Waals surface area contributed by atoms with Gasteiger partial charge in [0.2, 0.25) is 0 Å². The Kier molecular flexibility index (Phi) is 4.61. The summed E-state index contributed by atoms with van der Waals surface area (Å²) in [6.07, 6.45) is 1.77. The number of hydrogen-bond donors (Lipinski definition) is 2. The van der Waals surface area contributed by atoms with E-state index in [9.17, 15) is 0 Å². The molecule has 19 heavy (non-hydrogen) atoms. The van der Waals surface area contributed by atoms with Gasteiger partial charge in [0.25, 0.3) is 0 Å². The van der Waals surface area contributed by atoms with E-state index in [4.69, 9.17) is 17.3 Å². The second-order valence-corrected chi connectivity index (χ2v) is 5.42. The first-order valence-corrected chi connectivity index (χ1v) is 7.11. The first-order valence-electron chi connectivity index (χ1n) is 5.94. The number of nitrogens with two attached hydrogens (primary N) is 1. The number of nitrogens with zero attached hydrogens (tertiary/aromatic N) is 2. The zero-order chi connectivity index (χ0) is 13.8. The molecule has 1 aromatic carbocycles. The zero-order valence-corrected chi connectivity index (χ0v) is 12.8. The SMILES string of the molecule is CCCc1nc(N)cc(Nc2cc(Br)ccc2Cl)n1. The number of rotatable bonds is 4. The van der Waals surface area contributed by atoms with Crippen LogP contribution in [0.15, 0.2) is 28.7 Å². The quantitative estimate of drug-likeness (QED) is 0.876. The molecule has 0 amide bonds. The van der Waals surface area contributed by atoms with Crippen LogP contribution in [-0.2, 0) is 6.42 Å². The fourth-order valence-corrected chi connectivity index (χ4v) is 2.17. The predicted octanol–water partition coefficient (Wildman–Crippen LogP) is 4.17. The van der Waals surface area contributed by atoms with Gasteiger partial charge in [-0.05, 0) is 24.6 Å². The number of benzene rings is 1. The predicted molar refractivity (Wildman–Crippen MR) is 82.9 cm³/mol. The molecule has 1 aromatic heterocycles. The topological polar surface area (TPSA) is 63.8 Å². The van der Waals surface area contributed by atoms with Crippen LogP contribution in [0, 0.1) is 0 Å². The normalized spacial score (nSPS) is 10.5. The molecule has 1 heterocycles. The van der Waals surface area contributed by atoms with E-state index in [1.807, 2.05) is 18.2 Å². The number of aromatic nitrogens is 2. The molecule has 4 nitrogen and oxygen atoms in total. The average molecular weight is 342 g/mol. The monoisotopic (exact) mass is 340 g/mol. The van der Waals surface area contributed by atoms with Crippen LogP contribution in [0.3, 0.4) is 0 Å². The number of halogens is 2. The third-order valence-corrected chi connectivity index (χ3v) is 3.28. The summed E-state index contributed by atoms with van der Waals surface area (Å²) in [5.74, 6) is 1.83. The van der Waals surface area contributed by atoms with Gasteiger partial charge in [0, 0.05) is 17.0 Å². The van der Waals surface area contributed by atoms with E-state index >= 15 is 0 Å². The van der Waals surface area contributed by atoms with E-state index in [2.05, 4.69) is 38.1 Å². The minimum atomic E-state index is 0.451. The summed E-state index contributed by atoms with van der Waals surface area (Å²) in [5.41, 5.74) is 6.55. The highest BCUT2D eigenvalue weighted by atomic mass is 79.9. The summed E-state index contributed by atoms with van der Waals surface area (Å²) in [7, 11) is 0. The summed E-state index contributed by atoms with van der Waals surface area (Å²) in [6.45, 7) is 2.07.